The van der Waals surface area contributed by atoms with Crippen molar-refractivity contribution in [3.8, 4) is 16.9 Å². The van der Waals surface area contributed by atoms with E-state index in [1.54, 1.807) is 12.1 Å². The van der Waals surface area contributed by atoms with Gasteiger partial charge in [0.2, 0.25) is 0 Å². The Hall–Kier alpha value is -1.98. The van der Waals surface area contributed by atoms with Gasteiger partial charge in [-0.2, -0.15) is 0 Å². The van der Waals surface area contributed by atoms with E-state index >= 15 is 0 Å². The van der Waals surface area contributed by atoms with Crippen LogP contribution >= 0.6 is 0 Å². The predicted molar refractivity (Wildman–Crippen MR) is 110 cm³/mol. The van der Waals surface area contributed by atoms with Crippen LogP contribution in [0.3, 0.4) is 0 Å². The first-order valence-electron chi connectivity index (χ1n) is 10.6. The molecular weight excluding hydrogens is 352 g/mol. The fourth-order valence-corrected chi connectivity index (χ4v) is 3.50. The van der Waals surface area contributed by atoms with E-state index < -0.39 is 0 Å². The minimum Gasteiger partial charge on any atom is -0.508 e. The van der Waals surface area contributed by atoms with Gasteiger partial charge >= 0.3 is 0 Å². The lowest BCUT2D eigenvalue weighted by molar-refractivity contribution is -0.185. The molecule has 0 bridgehead atoms. The molecule has 1 saturated heterocycles. The molecule has 2 aromatic rings. The summed E-state index contributed by atoms with van der Waals surface area (Å²) < 4.78 is 11.6. The molecule has 3 rings (SSSR count). The maximum Gasteiger partial charge on any atom is 0.157 e. The van der Waals surface area contributed by atoms with Gasteiger partial charge in [0.15, 0.2) is 6.29 Å². The van der Waals surface area contributed by atoms with E-state index in [-0.39, 0.29) is 18.1 Å². The number of ether oxygens (including phenoxy) is 2. The van der Waals surface area contributed by atoms with Crippen LogP contribution in [0.1, 0.15) is 64.1 Å². The number of aryl methyl sites for hydroxylation is 1. The molecule has 1 aliphatic heterocycles. The highest BCUT2D eigenvalue weighted by Crippen LogP contribution is 2.21. The molecule has 5 heteroatoms. The van der Waals surface area contributed by atoms with Crippen LogP contribution in [-0.2, 0) is 15.9 Å². The van der Waals surface area contributed by atoms with Crippen LogP contribution in [-0.4, -0.2) is 34.1 Å². The lowest BCUT2D eigenvalue weighted by atomic mass is 10.1. The second-order valence-electron chi connectivity index (χ2n) is 7.63. The number of aromatic hydroxyl groups is 1. The Kier molecular flexibility index (Phi) is 8.24. The number of phenolic OH excluding ortho intramolecular Hbond substituents is 1. The molecule has 5 nitrogen and oxygen atoms in total. The maximum absolute atomic E-state index is 9.37. The van der Waals surface area contributed by atoms with E-state index in [9.17, 15) is 5.11 Å². The van der Waals surface area contributed by atoms with Crippen molar-refractivity contribution >= 4 is 0 Å². The molecule has 2 atom stereocenters. The fourth-order valence-electron chi connectivity index (χ4n) is 3.50. The summed E-state index contributed by atoms with van der Waals surface area (Å²) in [6.45, 7) is 3.00. The molecule has 0 amide bonds. The van der Waals surface area contributed by atoms with Gasteiger partial charge in [-0.05, 0) is 56.7 Å². The summed E-state index contributed by atoms with van der Waals surface area (Å²) in [6, 6.07) is 7.10. The number of unbranched alkanes of at least 4 members (excludes halogenated alkanes) is 3. The molecule has 1 fully saturated rings. The Morgan fingerprint density at radius 2 is 1.79 bits per heavy atom. The highest BCUT2D eigenvalue weighted by molar-refractivity contribution is 5.62. The molecular formula is C23H32N2O3. The van der Waals surface area contributed by atoms with Crippen molar-refractivity contribution in [2.75, 3.05) is 6.61 Å². The average molecular weight is 385 g/mol. The fraction of sp³-hybridized carbons (Fsp3) is 0.565. The lowest BCUT2D eigenvalue weighted by Crippen LogP contribution is -2.26. The number of nitrogens with zero attached hydrogens (tertiary/aromatic N) is 2. The Morgan fingerprint density at radius 1 is 1.04 bits per heavy atom. The number of hydrogen-bond acceptors (Lipinski definition) is 5. The van der Waals surface area contributed by atoms with Crippen molar-refractivity contribution in [1.29, 1.82) is 0 Å². The van der Waals surface area contributed by atoms with Crippen molar-refractivity contribution in [3.63, 3.8) is 0 Å². The van der Waals surface area contributed by atoms with E-state index in [1.807, 2.05) is 24.5 Å². The van der Waals surface area contributed by atoms with Crippen molar-refractivity contribution in [2.45, 2.75) is 77.1 Å². The summed E-state index contributed by atoms with van der Waals surface area (Å²) in [5.41, 5.74) is 1.99. The molecule has 0 saturated carbocycles. The van der Waals surface area contributed by atoms with Gasteiger partial charge < -0.3 is 14.6 Å². The van der Waals surface area contributed by atoms with Gasteiger partial charge in [-0.1, -0.05) is 31.4 Å². The third-order valence-electron chi connectivity index (χ3n) is 5.19. The molecule has 2 heterocycles. The van der Waals surface area contributed by atoms with Gasteiger partial charge in [0, 0.05) is 31.0 Å². The molecule has 0 spiro atoms. The van der Waals surface area contributed by atoms with Crippen molar-refractivity contribution in [3.05, 3.63) is 42.5 Å². The summed E-state index contributed by atoms with van der Waals surface area (Å²) in [7, 11) is 0. The Balaban J connectivity index is 1.28. The molecule has 1 aromatic carbocycles. The van der Waals surface area contributed by atoms with Crippen molar-refractivity contribution in [1.82, 2.24) is 9.97 Å². The monoisotopic (exact) mass is 384 g/mol. The smallest absolute Gasteiger partial charge is 0.157 e. The summed E-state index contributed by atoms with van der Waals surface area (Å²) >= 11 is 0. The summed E-state index contributed by atoms with van der Waals surface area (Å²) in [6.07, 6.45) is 14.2. The van der Waals surface area contributed by atoms with E-state index in [0.29, 0.717) is 0 Å². The van der Waals surface area contributed by atoms with Crippen LogP contribution in [0.5, 0.6) is 5.75 Å². The minimum absolute atomic E-state index is 0.0189. The minimum atomic E-state index is 0.0189. The van der Waals surface area contributed by atoms with Gasteiger partial charge in [0.05, 0.1) is 6.10 Å². The zero-order valence-corrected chi connectivity index (χ0v) is 16.8. The Morgan fingerprint density at radius 3 is 2.50 bits per heavy atom. The van der Waals surface area contributed by atoms with Gasteiger partial charge in [-0.15, -0.1) is 0 Å². The summed E-state index contributed by atoms with van der Waals surface area (Å²) in [4.78, 5) is 8.96. The first-order valence-corrected chi connectivity index (χ1v) is 10.6. The largest absolute Gasteiger partial charge is 0.508 e. The molecule has 1 aromatic heterocycles. The van der Waals surface area contributed by atoms with Gasteiger partial charge in [-0.3, -0.25) is 0 Å². The summed E-state index contributed by atoms with van der Waals surface area (Å²) in [5, 5.41) is 9.37. The van der Waals surface area contributed by atoms with Crippen LogP contribution in [0, 0.1) is 0 Å². The number of benzene rings is 1. The number of phenols is 1. The van der Waals surface area contributed by atoms with Crippen molar-refractivity contribution < 1.29 is 14.6 Å². The number of aromatic nitrogens is 2. The third kappa shape index (κ3) is 6.88. The molecule has 1 aliphatic rings. The van der Waals surface area contributed by atoms with Crippen LogP contribution in [0.15, 0.2) is 36.7 Å². The molecule has 0 radical (unpaired) electrons. The number of hydrogen-bond donors (Lipinski definition) is 1. The zero-order valence-electron chi connectivity index (χ0n) is 16.8. The van der Waals surface area contributed by atoms with E-state index in [1.165, 1.54) is 25.7 Å². The lowest BCUT2D eigenvalue weighted by Gasteiger charge is -2.26. The quantitative estimate of drug-likeness (QED) is 0.565. The molecule has 28 heavy (non-hydrogen) atoms. The van der Waals surface area contributed by atoms with E-state index in [0.717, 1.165) is 55.7 Å². The second kappa shape index (κ2) is 11.1. The highest BCUT2D eigenvalue weighted by Gasteiger charge is 2.16. The molecule has 152 valence electrons. The Bertz CT molecular complexity index is 682. The normalized spacial score (nSPS) is 18.1. The van der Waals surface area contributed by atoms with Crippen LogP contribution in [0.25, 0.3) is 11.1 Å². The second-order valence-corrected chi connectivity index (χ2v) is 7.63. The van der Waals surface area contributed by atoms with Crippen LogP contribution < -0.4 is 0 Å². The first-order chi connectivity index (χ1) is 13.7. The van der Waals surface area contributed by atoms with Crippen molar-refractivity contribution in [2.24, 2.45) is 0 Å². The standard InChI is InChI=1S/C23H32N2O3/c1-18(28-23-10-6-7-15-27-23)8-4-2-3-5-9-22-24-16-20(17-25-22)19-11-13-21(26)14-12-19/h11-14,16-18,23,26H,2-10,15H2,1H3. The molecule has 1 N–H and O–H groups in total. The van der Waals surface area contributed by atoms with E-state index in [2.05, 4.69) is 16.9 Å². The highest BCUT2D eigenvalue weighted by atomic mass is 16.7. The predicted octanol–water partition coefficient (Wildman–Crippen LogP) is 5.27. The SMILES string of the molecule is CC(CCCCCCc1ncc(-c2ccc(O)cc2)cn1)OC1CCCCO1. The van der Waals surface area contributed by atoms with Gasteiger partial charge in [0.25, 0.3) is 0 Å². The molecule has 2 unspecified atom stereocenters. The van der Waals surface area contributed by atoms with Crippen LogP contribution in [0.4, 0.5) is 0 Å². The summed E-state index contributed by atoms with van der Waals surface area (Å²) in [5.74, 6) is 1.17. The topological polar surface area (TPSA) is 64.5 Å². The van der Waals surface area contributed by atoms with E-state index in [4.69, 9.17) is 9.47 Å². The maximum atomic E-state index is 9.37. The zero-order chi connectivity index (χ0) is 19.6. The Labute approximate surface area is 168 Å². The van der Waals surface area contributed by atoms with Crippen LogP contribution in [0.2, 0.25) is 0 Å². The van der Waals surface area contributed by atoms with Gasteiger partial charge in [0.1, 0.15) is 11.6 Å². The average Bonchev–Trinajstić information content (AvgIpc) is 2.72. The van der Waals surface area contributed by atoms with Gasteiger partial charge in [-0.25, -0.2) is 9.97 Å². The first kappa shape index (κ1) is 20.7. The number of rotatable bonds is 10. The third-order valence-corrected chi connectivity index (χ3v) is 5.19. The molecule has 0 aliphatic carbocycles.